The standard InChI is InChI=1S/C25H25ClF3N5O/c1-18-30-31-32-34(18)22-15-19(14-21(16-22)25(27,28)29)17-35-23-10-7-13-33(12-6-5-11-26)24(23)20-8-3-2-4-9-20/h2-4,8-9,14-16,23-24H,7,10-13,17H2,1H3. The number of tetrazole rings is 1. The second kappa shape index (κ2) is 11.2. The largest absolute Gasteiger partial charge is 0.416 e. The first-order chi connectivity index (χ1) is 16.9. The number of rotatable bonds is 6. The van der Waals surface area contributed by atoms with Crippen LogP contribution < -0.4 is 0 Å². The van der Waals surface area contributed by atoms with Crippen LogP contribution in [0.15, 0.2) is 48.5 Å². The fourth-order valence-corrected chi connectivity index (χ4v) is 4.47. The molecule has 1 aliphatic heterocycles. The summed E-state index contributed by atoms with van der Waals surface area (Å²) in [6.45, 7) is 3.04. The molecular weight excluding hydrogens is 479 g/mol. The number of piperidine rings is 1. The minimum absolute atomic E-state index is 0.0211. The highest BCUT2D eigenvalue weighted by Gasteiger charge is 2.34. The van der Waals surface area contributed by atoms with E-state index in [4.69, 9.17) is 16.3 Å². The fraction of sp³-hybridized carbons (Fsp3) is 0.400. The third-order valence-electron chi connectivity index (χ3n) is 5.93. The Hall–Kier alpha value is -2.93. The van der Waals surface area contributed by atoms with Crippen molar-refractivity contribution in [2.45, 2.75) is 44.7 Å². The smallest absolute Gasteiger partial charge is 0.372 e. The number of halogens is 4. The molecule has 0 amide bonds. The van der Waals surface area contributed by atoms with Crippen molar-refractivity contribution < 1.29 is 17.9 Å². The molecule has 2 atom stereocenters. The Morgan fingerprint density at radius 3 is 2.63 bits per heavy atom. The lowest BCUT2D eigenvalue weighted by Gasteiger charge is -2.40. The summed E-state index contributed by atoms with van der Waals surface area (Å²) < 4.78 is 48.5. The van der Waals surface area contributed by atoms with Crippen molar-refractivity contribution in [2.24, 2.45) is 0 Å². The number of aryl methyl sites for hydroxylation is 1. The average Bonchev–Trinajstić information content (AvgIpc) is 3.28. The van der Waals surface area contributed by atoms with E-state index in [9.17, 15) is 13.2 Å². The van der Waals surface area contributed by atoms with Gasteiger partial charge in [-0.05, 0) is 66.1 Å². The Morgan fingerprint density at radius 1 is 1.14 bits per heavy atom. The van der Waals surface area contributed by atoms with Crippen molar-refractivity contribution in [3.8, 4) is 17.5 Å². The highest BCUT2D eigenvalue weighted by atomic mass is 35.5. The maximum Gasteiger partial charge on any atom is 0.416 e. The van der Waals surface area contributed by atoms with Crippen LogP contribution in [0.25, 0.3) is 5.69 Å². The predicted octanol–water partition coefficient (Wildman–Crippen LogP) is 4.95. The van der Waals surface area contributed by atoms with E-state index in [0.29, 0.717) is 17.9 Å². The molecule has 35 heavy (non-hydrogen) atoms. The molecule has 0 bridgehead atoms. The molecule has 2 heterocycles. The van der Waals surface area contributed by atoms with Crippen molar-refractivity contribution >= 4 is 11.6 Å². The zero-order chi connectivity index (χ0) is 24.8. The Balaban J connectivity index is 1.61. The summed E-state index contributed by atoms with van der Waals surface area (Å²) in [6, 6.07) is 13.7. The normalized spacial score (nSPS) is 18.8. The summed E-state index contributed by atoms with van der Waals surface area (Å²) in [7, 11) is 0. The van der Waals surface area contributed by atoms with Gasteiger partial charge in [-0.2, -0.15) is 17.9 Å². The van der Waals surface area contributed by atoms with Gasteiger partial charge in [0.05, 0.1) is 42.4 Å². The number of likely N-dealkylation sites (tertiary alicyclic amines) is 1. The molecule has 4 rings (SSSR count). The van der Waals surface area contributed by atoms with Gasteiger partial charge in [0.15, 0.2) is 5.82 Å². The van der Waals surface area contributed by atoms with E-state index in [0.717, 1.165) is 37.1 Å². The van der Waals surface area contributed by atoms with Crippen LogP contribution in [0.4, 0.5) is 13.2 Å². The molecule has 0 radical (unpaired) electrons. The number of ether oxygens (including phenoxy) is 1. The molecule has 0 spiro atoms. The Labute approximate surface area is 207 Å². The SMILES string of the molecule is Cc1nnnn1-c1cc(COC2CCCN(CC#CCCl)C2c2ccccc2)cc(C(F)(F)F)c1. The monoisotopic (exact) mass is 503 g/mol. The highest BCUT2D eigenvalue weighted by molar-refractivity contribution is 6.19. The first kappa shape index (κ1) is 25.2. The number of alkyl halides is 4. The van der Waals surface area contributed by atoms with Crippen LogP contribution in [0.5, 0.6) is 0 Å². The second-order valence-electron chi connectivity index (χ2n) is 8.33. The van der Waals surface area contributed by atoms with Crippen molar-refractivity contribution in [2.75, 3.05) is 19.0 Å². The number of nitrogens with zero attached hydrogens (tertiary/aromatic N) is 5. The second-order valence-corrected chi connectivity index (χ2v) is 8.60. The molecule has 1 aliphatic rings. The summed E-state index contributed by atoms with van der Waals surface area (Å²) in [5.74, 6) is 6.64. The molecule has 184 valence electrons. The predicted molar refractivity (Wildman–Crippen MR) is 126 cm³/mol. The molecule has 2 aromatic carbocycles. The van der Waals surface area contributed by atoms with E-state index in [1.165, 1.54) is 4.68 Å². The van der Waals surface area contributed by atoms with Crippen LogP contribution in [0, 0.1) is 18.8 Å². The molecule has 10 heteroatoms. The molecule has 2 unspecified atom stereocenters. The summed E-state index contributed by atoms with van der Waals surface area (Å²) in [4.78, 5) is 2.24. The van der Waals surface area contributed by atoms with Gasteiger partial charge in [-0.15, -0.1) is 16.7 Å². The van der Waals surface area contributed by atoms with E-state index in [-0.39, 0.29) is 30.3 Å². The zero-order valence-electron chi connectivity index (χ0n) is 19.2. The Morgan fingerprint density at radius 2 is 1.94 bits per heavy atom. The van der Waals surface area contributed by atoms with Gasteiger partial charge in [-0.3, -0.25) is 4.90 Å². The summed E-state index contributed by atoms with van der Waals surface area (Å²) in [5.41, 5.74) is 0.946. The van der Waals surface area contributed by atoms with Crippen molar-refractivity contribution in [1.82, 2.24) is 25.1 Å². The van der Waals surface area contributed by atoms with Crippen LogP contribution in [0.2, 0.25) is 0 Å². The van der Waals surface area contributed by atoms with Crippen molar-refractivity contribution in [3.63, 3.8) is 0 Å². The van der Waals surface area contributed by atoms with Crippen LogP contribution in [-0.2, 0) is 17.5 Å². The topological polar surface area (TPSA) is 56.1 Å². The first-order valence-electron chi connectivity index (χ1n) is 11.3. The number of benzene rings is 2. The zero-order valence-corrected chi connectivity index (χ0v) is 19.9. The molecule has 1 fully saturated rings. The van der Waals surface area contributed by atoms with E-state index in [2.05, 4.69) is 32.3 Å². The average molecular weight is 504 g/mol. The van der Waals surface area contributed by atoms with E-state index in [1.807, 2.05) is 30.3 Å². The summed E-state index contributed by atoms with van der Waals surface area (Å²) in [5, 5.41) is 11.1. The first-order valence-corrected chi connectivity index (χ1v) is 11.8. The molecule has 0 saturated carbocycles. The molecule has 1 saturated heterocycles. The van der Waals surface area contributed by atoms with Crippen LogP contribution >= 0.6 is 11.6 Å². The maximum atomic E-state index is 13.6. The van der Waals surface area contributed by atoms with Crippen LogP contribution in [-0.4, -0.2) is 50.2 Å². The maximum absolute atomic E-state index is 13.6. The molecule has 0 N–H and O–H groups in total. The van der Waals surface area contributed by atoms with E-state index < -0.39 is 11.7 Å². The third kappa shape index (κ3) is 6.20. The van der Waals surface area contributed by atoms with Gasteiger partial charge in [0.2, 0.25) is 0 Å². The minimum Gasteiger partial charge on any atom is -0.372 e. The van der Waals surface area contributed by atoms with Crippen molar-refractivity contribution in [1.29, 1.82) is 0 Å². The third-order valence-corrected chi connectivity index (χ3v) is 6.07. The van der Waals surface area contributed by atoms with Gasteiger partial charge in [-0.25, -0.2) is 0 Å². The van der Waals surface area contributed by atoms with E-state index in [1.54, 1.807) is 13.0 Å². The molecule has 6 nitrogen and oxygen atoms in total. The fourth-order valence-electron chi connectivity index (χ4n) is 4.38. The number of aromatic nitrogens is 4. The van der Waals surface area contributed by atoms with Gasteiger partial charge in [0.25, 0.3) is 0 Å². The van der Waals surface area contributed by atoms with Crippen molar-refractivity contribution in [3.05, 3.63) is 71.0 Å². The summed E-state index contributed by atoms with van der Waals surface area (Å²) in [6.07, 6.45) is -3.04. The molecule has 1 aromatic heterocycles. The van der Waals surface area contributed by atoms with Gasteiger partial charge in [0.1, 0.15) is 0 Å². The van der Waals surface area contributed by atoms with Gasteiger partial charge in [-0.1, -0.05) is 42.2 Å². The van der Waals surface area contributed by atoms with E-state index >= 15 is 0 Å². The van der Waals surface area contributed by atoms with Gasteiger partial charge < -0.3 is 4.74 Å². The van der Waals surface area contributed by atoms with Gasteiger partial charge in [0, 0.05) is 0 Å². The lowest BCUT2D eigenvalue weighted by molar-refractivity contribution is -0.137. The lowest BCUT2D eigenvalue weighted by atomic mass is 9.92. The number of hydrogen-bond acceptors (Lipinski definition) is 5. The quantitative estimate of drug-likeness (QED) is 0.352. The van der Waals surface area contributed by atoms with Crippen LogP contribution in [0.1, 0.15) is 41.4 Å². The lowest BCUT2D eigenvalue weighted by Crippen LogP contribution is -2.43. The molecule has 0 aliphatic carbocycles. The Bertz CT molecular complexity index is 1190. The van der Waals surface area contributed by atoms with Crippen LogP contribution in [0.3, 0.4) is 0 Å². The minimum atomic E-state index is -4.51. The molecule has 3 aromatic rings. The Kier molecular flexibility index (Phi) is 8.06. The number of hydrogen-bond donors (Lipinski definition) is 0. The van der Waals surface area contributed by atoms with Gasteiger partial charge >= 0.3 is 6.18 Å². The summed E-state index contributed by atoms with van der Waals surface area (Å²) >= 11 is 5.71. The molecular formula is C25H25ClF3N5O. The highest BCUT2D eigenvalue weighted by Crippen LogP contribution is 2.35.